The molecular formula is C17H21ClN4S. The van der Waals surface area contributed by atoms with E-state index in [2.05, 4.69) is 36.2 Å². The van der Waals surface area contributed by atoms with Gasteiger partial charge in [-0.3, -0.25) is 0 Å². The number of benzene rings is 1. The van der Waals surface area contributed by atoms with Crippen molar-refractivity contribution in [2.45, 2.75) is 48.9 Å². The largest absolute Gasteiger partial charge is 0.231 e. The minimum absolute atomic E-state index is 0.197. The van der Waals surface area contributed by atoms with Crippen molar-refractivity contribution in [2.75, 3.05) is 0 Å². The van der Waals surface area contributed by atoms with E-state index in [0.717, 1.165) is 30.4 Å². The number of thioether (sulfide) groups is 1. The molecule has 4 rings (SSSR count). The molecule has 2 aliphatic rings. The van der Waals surface area contributed by atoms with Gasteiger partial charge in [0.05, 0.1) is 10.6 Å². The molecule has 6 heteroatoms. The molecule has 1 aromatic heterocycles. The summed E-state index contributed by atoms with van der Waals surface area (Å²) in [6.07, 6.45) is 2.22. The predicted octanol–water partition coefficient (Wildman–Crippen LogP) is 4.19. The topological polar surface area (TPSA) is 43.6 Å². The summed E-state index contributed by atoms with van der Waals surface area (Å²) in [6, 6.07) is 9.86. The highest BCUT2D eigenvalue weighted by Crippen LogP contribution is 2.68. The Morgan fingerprint density at radius 2 is 1.91 bits per heavy atom. The van der Waals surface area contributed by atoms with Crippen LogP contribution in [0.4, 0.5) is 0 Å². The number of hydrogen-bond acceptors (Lipinski definition) is 4. The van der Waals surface area contributed by atoms with Gasteiger partial charge in [-0.25, -0.2) is 0 Å². The fourth-order valence-electron chi connectivity index (χ4n) is 3.99. The van der Waals surface area contributed by atoms with E-state index >= 15 is 0 Å². The van der Waals surface area contributed by atoms with Crippen molar-refractivity contribution in [3.63, 3.8) is 0 Å². The van der Waals surface area contributed by atoms with Crippen molar-refractivity contribution in [1.82, 2.24) is 20.2 Å². The molecule has 4 unspecified atom stereocenters. The normalized spacial score (nSPS) is 34.9. The molecule has 4 nitrogen and oxygen atoms in total. The Kier molecular flexibility index (Phi) is 3.50. The Hall–Kier alpha value is -1.07. The molecule has 1 heterocycles. The van der Waals surface area contributed by atoms with Gasteiger partial charge in [0.2, 0.25) is 5.16 Å². The van der Waals surface area contributed by atoms with Crippen LogP contribution in [0.2, 0.25) is 0 Å². The highest BCUT2D eigenvalue weighted by Gasteiger charge is 2.63. The van der Waals surface area contributed by atoms with Crippen LogP contribution in [0.25, 0.3) is 5.69 Å². The van der Waals surface area contributed by atoms with Gasteiger partial charge in [0.25, 0.3) is 0 Å². The molecule has 0 radical (unpaired) electrons. The number of tetrazole rings is 1. The molecule has 4 atom stereocenters. The second-order valence-electron chi connectivity index (χ2n) is 7.56. The second-order valence-corrected chi connectivity index (χ2v) is 9.59. The van der Waals surface area contributed by atoms with Gasteiger partial charge in [0, 0.05) is 5.25 Å². The first-order chi connectivity index (χ1) is 10.9. The lowest BCUT2D eigenvalue weighted by molar-refractivity contribution is 0.406. The van der Waals surface area contributed by atoms with Gasteiger partial charge in [0.15, 0.2) is 0 Å². The summed E-state index contributed by atoms with van der Waals surface area (Å²) in [6.45, 7) is 6.90. The summed E-state index contributed by atoms with van der Waals surface area (Å²) in [4.78, 5) is 1.39. The van der Waals surface area contributed by atoms with Crippen LogP contribution in [-0.2, 0) is 0 Å². The molecule has 0 bridgehead atoms. The number of para-hydroxylation sites is 1. The molecule has 0 saturated heterocycles. The van der Waals surface area contributed by atoms with E-state index in [1.807, 2.05) is 30.3 Å². The van der Waals surface area contributed by atoms with Gasteiger partial charge in [-0.2, -0.15) is 0 Å². The van der Waals surface area contributed by atoms with Gasteiger partial charge in [-0.15, -0.1) is 26.6 Å². The van der Waals surface area contributed by atoms with Gasteiger partial charge in [-0.05, 0) is 54.4 Å². The summed E-state index contributed by atoms with van der Waals surface area (Å²) < 4.78 is 0. The highest BCUT2D eigenvalue weighted by molar-refractivity contribution is 7.99. The SMILES string of the molecule is CC1(Cl)CC2C(CC1Sc1nnn(-c3ccccc3)n1)C2(C)C. The quantitative estimate of drug-likeness (QED) is 0.780. The summed E-state index contributed by atoms with van der Waals surface area (Å²) in [7, 11) is 0. The van der Waals surface area contributed by atoms with Crippen LogP contribution < -0.4 is 0 Å². The molecule has 0 aliphatic heterocycles. The first kappa shape index (κ1) is 15.5. The Morgan fingerprint density at radius 3 is 2.65 bits per heavy atom. The molecule has 2 saturated carbocycles. The summed E-state index contributed by atoms with van der Waals surface area (Å²) in [5.41, 5.74) is 1.37. The van der Waals surface area contributed by atoms with Gasteiger partial charge in [-0.1, -0.05) is 43.8 Å². The average Bonchev–Trinajstić information content (AvgIpc) is 2.89. The molecule has 23 heavy (non-hydrogen) atoms. The summed E-state index contributed by atoms with van der Waals surface area (Å²) >= 11 is 8.54. The van der Waals surface area contributed by atoms with Crippen LogP contribution >= 0.6 is 23.4 Å². The molecule has 2 aromatic rings. The van der Waals surface area contributed by atoms with Crippen molar-refractivity contribution in [3.8, 4) is 5.69 Å². The van der Waals surface area contributed by atoms with E-state index < -0.39 is 0 Å². The third-order valence-corrected chi connectivity index (χ3v) is 7.59. The van der Waals surface area contributed by atoms with Crippen molar-refractivity contribution in [2.24, 2.45) is 17.3 Å². The Bertz CT molecular complexity index is 712. The molecule has 0 N–H and O–H groups in total. The first-order valence-electron chi connectivity index (χ1n) is 8.09. The lowest BCUT2D eigenvalue weighted by Gasteiger charge is -2.34. The van der Waals surface area contributed by atoms with Gasteiger partial charge < -0.3 is 0 Å². The highest BCUT2D eigenvalue weighted by atomic mass is 35.5. The first-order valence-corrected chi connectivity index (χ1v) is 9.35. The minimum atomic E-state index is -0.197. The molecule has 0 spiro atoms. The smallest absolute Gasteiger partial charge is 0.130 e. The third kappa shape index (κ3) is 2.68. The Balaban J connectivity index is 1.51. The molecule has 122 valence electrons. The summed E-state index contributed by atoms with van der Waals surface area (Å²) in [5.74, 6) is 1.56. The van der Waals surface area contributed by atoms with Crippen molar-refractivity contribution >= 4 is 23.4 Å². The van der Waals surface area contributed by atoms with Crippen LogP contribution in [0.15, 0.2) is 35.5 Å². The van der Waals surface area contributed by atoms with Crippen LogP contribution in [0.1, 0.15) is 33.6 Å². The predicted molar refractivity (Wildman–Crippen MR) is 93.1 cm³/mol. The number of nitrogens with zero attached hydrogens (tertiary/aromatic N) is 4. The Morgan fingerprint density at radius 1 is 1.17 bits per heavy atom. The van der Waals surface area contributed by atoms with Crippen molar-refractivity contribution in [1.29, 1.82) is 0 Å². The van der Waals surface area contributed by atoms with Crippen molar-refractivity contribution in [3.05, 3.63) is 30.3 Å². The maximum absolute atomic E-state index is 6.86. The zero-order valence-electron chi connectivity index (χ0n) is 13.6. The molecule has 0 amide bonds. The number of rotatable bonds is 3. The van der Waals surface area contributed by atoms with Crippen LogP contribution in [0.5, 0.6) is 0 Å². The maximum Gasteiger partial charge on any atom is 0.231 e. The van der Waals surface area contributed by atoms with E-state index in [1.54, 1.807) is 16.6 Å². The molecule has 2 aliphatic carbocycles. The monoisotopic (exact) mass is 348 g/mol. The van der Waals surface area contributed by atoms with Gasteiger partial charge >= 0.3 is 0 Å². The molecule has 1 aromatic carbocycles. The summed E-state index contributed by atoms with van der Waals surface area (Å²) in [5, 5.41) is 13.9. The Labute approximate surface area is 146 Å². The average molecular weight is 349 g/mol. The minimum Gasteiger partial charge on any atom is -0.130 e. The zero-order valence-corrected chi connectivity index (χ0v) is 15.2. The van der Waals surface area contributed by atoms with Crippen molar-refractivity contribution < 1.29 is 0 Å². The fraction of sp³-hybridized carbons (Fsp3) is 0.588. The zero-order chi connectivity index (χ0) is 16.2. The molecular weight excluding hydrogens is 328 g/mol. The molecule has 2 fully saturated rings. The number of alkyl halides is 1. The van der Waals surface area contributed by atoms with E-state index in [4.69, 9.17) is 11.6 Å². The number of aromatic nitrogens is 4. The number of hydrogen-bond donors (Lipinski definition) is 0. The lowest BCUT2D eigenvalue weighted by Crippen LogP contribution is -2.35. The van der Waals surface area contributed by atoms with E-state index in [-0.39, 0.29) is 4.87 Å². The van der Waals surface area contributed by atoms with E-state index in [0.29, 0.717) is 15.8 Å². The second kappa shape index (κ2) is 5.21. The van der Waals surface area contributed by atoms with Gasteiger partial charge in [0.1, 0.15) is 0 Å². The van der Waals surface area contributed by atoms with E-state index in [9.17, 15) is 0 Å². The number of fused-ring (bicyclic) bond motifs is 1. The lowest BCUT2D eigenvalue weighted by atomic mass is 9.89. The maximum atomic E-state index is 6.86. The van der Waals surface area contributed by atoms with Crippen LogP contribution in [0.3, 0.4) is 0 Å². The number of halogens is 1. The van der Waals surface area contributed by atoms with Crippen LogP contribution in [0, 0.1) is 17.3 Å². The standard InChI is InChI=1S/C17H21ClN4S/c1-16(2)12-9-14(17(3,18)10-13(12)16)23-15-19-21-22(20-15)11-7-5-4-6-8-11/h4-8,12-14H,9-10H2,1-3H3. The van der Waals surface area contributed by atoms with Crippen LogP contribution in [-0.4, -0.2) is 30.3 Å². The van der Waals surface area contributed by atoms with E-state index in [1.165, 1.54) is 0 Å². The fourth-order valence-corrected chi connectivity index (χ4v) is 5.48. The third-order valence-electron chi connectivity index (χ3n) is 5.68.